The summed E-state index contributed by atoms with van der Waals surface area (Å²) in [6, 6.07) is 21.7. The Morgan fingerprint density at radius 1 is 0.711 bits per heavy atom. The molecule has 6 amide bonds. The molecule has 0 bridgehead atoms. The molecule has 0 saturated carbocycles. The molecule has 0 radical (unpaired) electrons. The van der Waals surface area contributed by atoms with Crippen molar-refractivity contribution in [1.29, 1.82) is 0 Å². The van der Waals surface area contributed by atoms with Crippen molar-refractivity contribution in [3.8, 4) is 11.5 Å². The van der Waals surface area contributed by atoms with Gasteiger partial charge in [-0.1, -0.05) is 66.7 Å². The Labute approximate surface area is 264 Å². The lowest BCUT2D eigenvalue weighted by Crippen LogP contribution is -2.44. The van der Waals surface area contributed by atoms with Gasteiger partial charge >= 0.3 is 12.1 Å². The van der Waals surface area contributed by atoms with Gasteiger partial charge in [-0.3, -0.25) is 19.4 Å². The number of likely N-dealkylation sites (N-methyl/N-ethyl adjacent to an activating group) is 2. The molecular weight excluding hydrogens is 572 g/mol. The first-order valence-electron chi connectivity index (χ1n) is 15.1. The van der Waals surface area contributed by atoms with E-state index in [0.29, 0.717) is 11.5 Å². The number of rotatable bonds is 9. The molecule has 2 heterocycles. The first-order valence-corrected chi connectivity index (χ1v) is 15.1. The Morgan fingerprint density at radius 2 is 1.20 bits per heavy atom. The van der Waals surface area contributed by atoms with Crippen LogP contribution >= 0.6 is 0 Å². The van der Waals surface area contributed by atoms with E-state index in [1.165, 1.54) is 24.0 Å². The fourth-order valence-electron chi connectivity index (χ4n) is 6.47. The number of urea groups is 2. The van der Waals surface area contributed by atoms with Gasteiger partial charge in [0.1, 0.15) is 0 Å². The van der Waals surface area contributed by atoms with Crippen molar-refractivity contribution in [2.75, 3.05) is 28.3 Å². The lowest BCUT2D eigenvalue weighted by Gasteiger charge is -2.29. The third kappa shape index (κ3) is 5.84. The molecule has 5 rings (SSSR count). The average Bonchev–Trinajstić information content (AvgIpc) is 3.43. The van der Waals surface area contributed by atoms with Crippen molar-refractivity contribution in [1.82, 2.24) is 19.6 Å². The number of hydrogen-bond acceptors (Lipinski definition) is 6. The molecular formula is C35H40N4O6. The smallest absolute Gasteiger partial charge is 0.327 e. The molecule has 2 fully saturated rings. The summed E-state index contributed by atoms with van der Waals surface area (Å²) < 4.78 is 10.9. The van der Waals surface area contributed by atoms with E-state index in [-0.39, 0.29) is 24.9 Å². The molecule has 5 atom stereocenters. The number of nitrogens with zero attached hydrogens (tertiary/aromatic N) is 4. The predicted molar refractivity (Wildman–Crippen MR) is 169 cm³/mol. The van der Waals surface area contributed by atoms with E-state index < -0.39 is 41.9 Å². The summed E-state index contributed by atoms with van der Waals surface area (Å²) in [7, 11) is 6.41. The van der Waals surface area contributed by atoms with Gasteiger partial charge in [-0.2, -0.15) is 0 Å². The van der Waals surface area contributed by atoms with Crippen LogP contribution in [-0.4, -0.2) is 83.9 Å². The summed E-state index contributed by atoms with van der Waals surface area (Å²) in [6.45, 7) is 3.81. The molecule has 0 N–H and O–H groups in total. The molecule has 0 unspecified atom stereocenters. The predicted octanol–water partition coefficient (Wildman–Crippen LogP) is 5.30. The van der Waals surface area contributed by atoms with Crippen molar-refractivity contribution in [3.63, 3.8) is 0 Å². The van der Waals surface area contributed by atoms with Gasteiger partial charge in [0.25, 0.3) is 0 Å². The summed E-state index contributed by atoms with van der Waals surface area (Å²) in [6.07, 6.45) is -0.135. The Balaban J connectivity index is 1.53. The fourth-order valence-corrected chi connectivity index (χ4v) is 6.47. The second kappa shape index (κ2) is 13.0. The van der Waals surface area contributed by atoms with Crippen molar-refractivity contribution in [2.45, 2.75) is 50.9 Å². The molecule has 3 aromatic rings. The first kappa shape index (κ1) is 31.6. The maximum atomic E-state index is 14.6. The minimum absolute atomic E-state index is 0.137. The zero-order valence-corrected chi connectivity index (χ0v) is 26.5. The maximum absolute atomic E-state index is 14.6. The molecule has 2 aliphatic rings. The van der Waals surface area contributed by atoms with E-state index >= 15 is 0 Å². The highest BCUT2D eigenvalue weighted by atomic mass is 16.5. The van der Waals surface area contributed by atoms with Crippen LogP contribution in [0.1, 0.15) is 49.0 Å². The van der Waals surface area contributed by atoms with Crippen molar-refractivity contribution in [2.24, 2.45) is 5.92 Å². The van der Waals surface area contributed by atoms with Crippen LogP contribution in [0.4, 0.5) is 9.59 Å². The summed E-state index contributed by atoms with van der Waals surface area (Å²) >= 11 is 0. The lowest BCUT2D eigenvalue weighted by molar-refractivity contribution is -0.139. The van der Waals surface area contributed by atoms with Crippen LogP contribution in [-0.2, 0) is 16.0 Å². The van der Waals surface area contributed by atoms with E-state index in [0.717, 1.165) is 16.7 Å². The van der Waals surface area contributed by atoms with Crippen LogP contribution in [0.5, 0.6) is 11.5 Å². The molecule has 0 aliphatic carbocycles. The van der Waals surface area contributed by atoms with Crippen molar-refractivity contribution < 1.29 is 28.7 Å². The molecule has 3 aromatic carbocycles. The molecule has 0 aromatic heterocycles. The van der Waals surface area contributed by atoms with Crippen molar-refractivity contribution >= 4 is 23.9 Å². The van der Waals surface area contributed by atoms with Gasteiger partial charge in [0.2, 0.25) is 11.8 Å². The highest BCUT2D eigenvalue weighted by molar-refractivity contribution is 6.02. The number of amides is 6. The number of benzene rings is 3. The zero-order valence-electron chi connectivity index (χ0n) is 26.5. The van der Waals surface area contributed by atoms with E-state index in [1.54, 1.807) is 36.0 Å². The monoisotopic (exact) mass is 612 g/mol. The summed E-state index contributed by atoms with van der Waals surface area (Å²) in [5, 5.41) is 0. The minimum atomic E-state index is -0.949. The van der Waals surface area contributed by atoms with Crippen LogP contribution in [0.25, 0.3) is 0 Å². The van der Waals surface area contributed by atoms with E-state index in [2.05, 4.69) is 0 Å². The number of hydrogen-bond donors (Lipinski definition) is 0. The van der Waals surface area contributed by atoms with Crippen LogP contribution < -0.4 is 9.47 Å². The fraction of sp³-hybridized carbons (Fsp3) is 0.371. The topological polar surface area (TPSA) is 99.7 Å². The Kier molecular flexibility index (Phi) is 9.13. The Morgan fingerprint density at radius 3 is 1.71 bits per heavy atom. The summed E-state index contributed by atoms with van der Waals surface area (Å²) in [5.41, 5.74) is 2.37. The Bertz CT molecular complexity index is 1560. The van der Waals surface area contributed by atoms with Crippen LogP contribution in [0.15, 0.2) is 78.9 Å². The molecule has 2 aliphatic heterocycles. The maximum Gasteiger partial charge on any atom is 0.327 e. The molecule has 236 valence electrons. The van der Waals surface area contributed by atoms with Crippen LogP contribution in [0, 0.1) is 5.92 Å². The zero-order chi connectivity index (χ0) is 32.4. The number of ether oxygens (including phenoxy) is 2. The molecule has 10 nitrogen and oxygen atoms in total. The number of carbonyl (C=O) groups excluding carboxylic acids is 4. The van der Waals surface area contributed by atoms with Gasteiger partial charge < -0.3 is 19.3 Å². The van der Waals surface area contributed by atoms with Gasteiger partial charge in [-0.25, -0.2) is 9.59 Å². The second-order valence-corrected chi connectivity index (χ2v) is 11.7. The third-order valence-electron chi connectivity index (χ3n) is 9.20. The number of methoxy groups -OCH3 is 2. The second-order valence-electron chi connectivity index (χ2n) is 11.7. The molecule has 0 spiro atoms. The van der Waals surface area contributed by atoms with E-state index in [9.17, 15) is 19.2 Å². The molecule has 45 heavy (non-hydrogen) atoms. The number of carbonyl (C=O) groups is 4. The SMILES string of the molecule is COc1ccc(C[C@H](CC(=O)N2C(=O)N(C)[C@@H](C)[C@H]2c2ccccc2)C(=O)N2C(=O)N(C)[C@@H](C)[C@H]2c2ccccc2)cc1OC. The van der Waals surface area contributed by atoms with E-state index in [4.69, 9.17) is 9.47 Å². The lowest BCUT2D eigenvalue weighted by atomic mass is 9.91. The van der Waals surface area contributed by atoms with Crippen LogP contribution in [0.3, 0.4) is 0 Å². The van der Waals surface area contributed by atoms with Crippen molar-refractivity contribution in [3.05, 3.63) is 95.6 Å². The van der Waals surface area contributed by atoms with Gasteiger partial charge in [0, 0.05) is 20.5 Å². The normalized spacial score (nSPS) is 22.2. The van der Waals surface area contributed by atoms with E-state index in [1.807, 2.05) is 80.6 Å². The van der Waals surface area contributed by atoms with Gasteiger partial charge in [-0.15, -0.1) is 0 Å². The molecule has 2 saturated heterocycles. The standard InChI is InChI=1S/C35H40N4O6/c1-22-31(25-13-9-7-10-14-25)38(34(42)36(22)3)30(40)21-27(19-24-17-18-28(44-5)29(20-24)45-6)33(41)39-32(23(2)37(4)35(39)43)26-15-11-8-12-16-26/h7-18,20,22-23,27,31-32H,19,21H2,1-6H3/t22-,23-,27+,31-,32-/m0/s1. The first-order chi connectivity index (χ1) is 21.6. The third-order valence-corrected chi connectivity index (χ3v) is 9.20. The Hall–Kier alpha value is -4.86. The quantitative estimate of drug-likeness (QED) is 0.325. The summed E-state index contributed by atoms with van der Waals surface area (Å²) in [4.78, 5) is 61.6. The van der Waals surface area contributed by atoms with Gasteiger partial charge in [-0.05, 0) is 49.1 Å². The van der Waals surface area contributed by atoms with Gasteiger partial charge in [0.05, 0.1) is 44.3 Å². The summed E-state index contributed by atoms with van der Waals surface area (Å²) in [5.74, 6) is -0.893. The van der Waals surface area contributed by atoms with Crippen LogP contribution in [0.2, 0.25) is 0 Å². The largest absolute Gasteiger partial charge is 0.493 e. The minimum Gasteiger partial charge on any atom is -0.493 e. The number of imide groups is 2. The highest BCUT2D eigenvalue weighted by Crippen LogP contribution is 2.39. The average molecular weight is 613 g/mol. The van der Waals surface area contributed by atoms with Gasteiger partial charge in [0.15, 0.2) is 11.5 Å². The highest BCUT2D eigenvalue weighted by Gasteiger charge is 2.49. The molecule has 10 heteroatoms.